The number of hydrogen-bond acceptors (Lipinski definition) is 27. The monoisotopic (exact) mass is 1070 g/mol. The topological polar surface area (TPSA) is 402 Å². The Morgan fingerprint density at radius 1 is 0.547 bits per heavy atom. The van der Waals surface area contributed by atoms with Crippen LogP contribution in [0.5, 0.6) is 5.75 Å². The lowest BCUT2D eigenvalue weighted by Gasteiger charge is -2.42. The quantitative estimate of drug-likeness (QED) is 0.0356. The molecule has 418 valence electrons. The maximum Gasteiger partial charge on any atom is 0.337 e. The molecule has 11 N–H and O–H groups in total. The van der Waals surface area contributed by atoms with Crippen LogP contribution in [0.15, 0.2) is 71.2 Å². The van der Waals surface area contributed by atoms with Gasteiger partial charge in [0, 0.05) is 29.4 Å². The summed E-state index contributed by atoms with van der Waals surface area (Å²) in [5.74, 6) is -5.43. The van der Waals surface area contributed by atoms with Gasteiger partial charge in [-0.2, -0.15) is 0 Å². The summed E-state index contributed by atoms with van der Waals surface area (Å²) in [6.45, 7) is 0.837. The second-order valence-electron chi connectivity index (χ2n) is 17.8. The van der Waals surface area contributed by atoms with Crippen LogP contribution in [0.25, 0.3) is 0 Å². The van der Waals surface area contributed by atoms with Crippen LogP contribution in [0.2, 0.25) is 0 Å². The van der Waals surface area contributed by atoms with Crippen LogP contribution in [0, 0.1) is 11.8 Å². The van der Waals surface area contributed by atoms with Crippen molar-refractivity contribution in [1.82, 2.24) is 0 Å². The van der Waals surface area contributed by atoms with Crippen LogP contribution in [0.3, 0.4) is 0 Å². The zero-order chi connectivity index (χ0) is 54.8. The van der Waals surface area contributed by atoms with E-state index in [4.69, 9.17) is 56.8 Å². The zero-order valence-corrected chi connectivity index (χ0v) is 41.0. The van der Waals surface area contributed by atoms with E-state index in [-0.39, 0.29) is 41.1 Å². The lowest BCUT2D eigenvalue weighted by molar-refractivity contribution is -0.327. The Bertz CT molecular complexity index is 2230. The maximum absolute atomic E-state index is 13.4. The Morgan fingerprint density at radius 2 is 0.960 bits per heavy atom. The van der Waals surface area contributed by atoms with E-state index in [1.54, 1.807) is 19.1 Å². The first-order valence-corrected chi connectivity index (χ1v) is 23.7. The molecule has 0 aliphatic carbocycles. The fraction of sp³-hybridized carbons (Fsp3) is 0.625. The summed E-state index contributed by atoms with van der Waals surface area (Å²) in [6, 6.07) is 6.17. The molecule has 0 aromatic heterocycles. The second kappa shape index (κ2) is 26.7. The number of methoxy groups -OCH3 is 2. The Kier molecular flexibility index (Phi) is 21.1. The summed E-state index contributed by atoms with van der Waals surface area (Å²) >= 11 is 0. The average molecular weight is 1070 g/mol. The van der Waals surface area contributed by atoms with Gasteiger partial charge in [-0.3, -0.25) is 9.59 Å². The van der Waals surface area contributed by atoms with Crippen LogP contribution >= 0.6 is 0 Å². The summed E-state index contributed by atoms with van der Waals surface area (Å²) in [5, 5.41) is 113. The third-order valence-electron chi connectivity index (χ3n) is 13.1. The number of benzene rings is 1. The van der Waals surface area contributed by atoms with E-state index in [9.17, 15) is 75.3 Å². The molecule has 1 aromatic rings. The van der Waals surface area contributed by atoms with Gasteiger partial charge in [-0.05, 0) is 31.5 Å². The number of hydrogen-bond donors (Lipinski definition) is 11. The van der Waals surface area contributed by atoms with E-state index in [1.807, 2.05) is 0 Å². The van der Waals surface area contributed by atoms with Gasteiger partial charge in [0.15, 0.2) is 12.6 Å². The van der Waals surface area contributed by atoms with Crippen molar-refractivity contribution in [3.05, 3.63) is 76.8 Å². The van der Waals surface area contributed by atoms with Gasteiger partial charge in [-0.1, -0.05) is 24.3 Å². The molecule has 1 aromatic carbocycles. The zero-order valence-electron chi connectivity index (χ0n) is 41.0. The van der Waals surface area contributed by atoms with Crippen LogP contribution in [0.4, 0.5) is 0 Å². The highest BCUT2D eigenvalue weighted by Gasteiger charge is 2.50. The highest BCUT2D eigenvalue weighted by molar-refractivity contribution is 5.91. The predicted octanol–water partition coefficient (Wildman–Crippen LogP) is -4.13. The molecule has 5 heterocycles. The molecule has 3 fully saturated rings. The van der Waals surface area contributed by atoms with E-state index in [1.165, 1.54) is 31.2 Å². The van der Waals surface area contributed by atoms with Crippen molar-refractivity contribution >= 4 is 23.9 Å². The molecule has 5 aliphatic heterocycles. The minimum Gasteiger partial charge on any atom is -0.468 e. The average Bonchev–Trinajstić information content (AvgIpc) is 3.41. The van der Waals surface area contributed by atoms with Crippen LogP contribution in [-0.4, -0.2) is 225 Å². The summed E-state index contributed by atoms with van der Waals surface area (Å²) in [7, 11) is 2.22. The summed E-state index contributed by atoms with van der Waals surface area (Å²) in [6.07, 6.45) is -23.4. The molecule has 0 spiro atoms. The molecule has 19 unspecified atom stereocenters. The molecule has 0 saturated carbocycles. The van der Waals surface area contributed by atoms with Gasteiger partial charge in [0.2, 0.25) is 18.9 Å². The van der Waals surface area contributed by atoms with Gasteiger partial charge in [0.05, 0.1) is 70.6 Å². The Hall–Kier alpha value is -5.18. The maximum atomic E-state index is 13.4. The molecule has 0 bridgehead atoms. The molecule has 19 atom stereocenters. The highest BCUT2D eigenvalue weighted by atomic mass is 16.8. The molecule has 3 saturated heterocycles. The minimum atomic E-state index is -1.84. The predicted molar refractivity (Wildman–Crippen MR) is 243 cm³/mol. The molecule has 6 rings (SSSR count). The number of ether oxygens (including phenoxy) is 12. The van der Waals surface area contributed by atoms with Crippen molar-refractivity contribution in [2.45, 2.75) is 138 Å². The van der Waals surface area contributed by atoms with Gasteiger partial charge < -0.3 is 113 Å². The number of rotatable bonds is 19. The Balaban J connectivity index is 1.01. The minimum absolute atomic E-state index is 0.0589. The molecule has 27 nitrogen and oxygen atoms in total. The SMILES string of the molecule is CC=C1C(OC2OC(CO)C(O)C(O)C2O)OC=C(C(=O)OC)C1CC(=O)OCCc1ccc(OC2OC(COC(=O)CC3C(C(=O)OC)=COC(OC4OC(CO)C(O)C(O)C4O)C3=CC)C(O)C(O)C2O)cc1. The molecular formula is C48H64O27. The van der Waals surface area contributed by atoms with Crippen molar-refractivity contribution < 1.29 is 132 Å². The lowest BCUT2D eigenvalue weighted by Crippen LogP contribution is -2.60. The summed E-state index contributed by atoms with van der Waals surface area (Å²) < 4.78 is 65.8. The van der Waals surface area contributed by atoms with E-state index in [0.29, 0.717) is 5.56 Å². The number of carbonyl (C=O) groups excluding carboxylic acids is 4. The van der Waals surface area contributed by atoms with Gasteiger partial charge >= 0.3 is 23.9 Å². The summed E-state index contributed by atoms with van der Waals surface area (Å²) in [5.41, 5.74) is 0.810. The second-order valence-corrected chi connectivity index (χ2v) is 17.8. The molecule has 27 heteroatoms. The molecule has 0 amide bonds. The van der Waals surface area contributed by atoms with Gasteiger partial charge in [0.1, 0.15) is 85.6 Å². The molecule has 5 aliphatic rings. The van der Waals surface area contributed by atoms with E-state index in [0.717, 1.165) is 26.7 Å². The Morgan fingerprint density at radius 3 is 1.39 bits per heavy atom. The third kappa shape index (κ3) is 13.7. The van der Waals surface area contributed by atoms with Crippen LogP contribution in [-0.2, 0) is 77.7 Å². The fourth-order valence-corrected chi connectivity index (χ4v) is 8.78. The van der Waals surface area contributed by atoms with Crippen LogP contribution in [0.1, 0.15) is 32.3 Å². The largest absolute Gasteiger partial charge is 0.468 e. The number of esters is 4. The van der Waals surface area contributed by atoms with Gasteiger partial charge in [-0.25, -0.2) is 9.59 Å². The number of carbonyl (C=O) groups is 4. The van der Waals surface area contributed by atoms with Crippen molar-refractivity contribution in [3.63, 3.8) is 0 Å². The van der Waals surface area contributed by atoms with Crippen molar-refractivity contribution in [1.29, 1.82) is 0 Å². The lowest BCUT2D eigenvalue weighted by atomic mass is 9.86. The van der Waals surface area contributed by atoms with Crippen molar-refractivity contribution in [3.8, 4) is 5.75 Å². The fourth-order valence-electron chi connectivity index (χ4n) is 8.78. The van der Waals surface area contributed by atoms with Gasteiger partial charge in [0.25, 0.3) is 0 Å². The van der Waals surface area contributed by atoms with Crippen molar-refractivity contribution in [2.75, 3.05) is 40.6 Å². The number of allylic oxidation sites excluding steroid dienone is 2. The van der Waals surface area contributed by atoms with E-state index in [2.05, 4.69) is 0 Å². The molecular weight excluding hydrogens is 1010 g/mol. The van der Waals surface area contributed by atoms with Crippen molar-refractivity contribution in [2.24, 2.45) is 11.8 Å². The first kappa shape index (κ1) is 59.1. The van der Waals surface area contributed by atoms with Gasteiger partial charge in [-0.15, -0.1) is 0 Å². The molecule has 0 radical (unpaired) electrons. The smallest absolute Gasteiger partial charge is 0.337 e. The standard InChI is InChI=1S/C48H64O27/c1-5-22-24(26(42(62)64-3)17-68-44(22)74-47-40(60)36(56)33(53)28(15-49)71-47)13-31(51)66-12-11-20-7-9-21(10-8-20)70-46-39(59)38(58)35(55)30(73-46)19-67-32(52)14-25-23(6-2)45(69-18-27(25)43(63)65-4)75-48-41(61)37(57)34(54)29(16-50)72-48/h5-10,17-18,24-25,28-30,33-41,44-50,53-61H,11-16,19H2,1-4H3. The van der Waals surface area contributed by atoms with E-state index >= 15 is 0 Å². The number of aliphatic hydroxyl groups is 11. The number of aliphatic hydroxyl groups excluding tert-OH is 11. The van der Waals surface area contributed by atoms with Crippen LogP contribution < -0.4 is 4.74 Å². The normalized spacial score (nSPS) is 37.0. The highest BCUT2D eigenvalue weighted by Crippen LogP contribution is 2.38. The summed E-state index contributed by atoms with van der Waals surface area (Å²) in [4.78, 5) is 52.2. The third-order valence-corrected chi connectivity index (χ3v) is 13.1. The first-order chi connectivity index (χ1) is 35.8. The molecule has 75 heavy (non-hydrogen) atoms. The van der Waals surface area contributed by atoms with E-state index < -0.39 is 173 Å². The Labute approximate surface area is 428 Å². The first-order valence-electron chi connectivity index (χ1n) is 23.7.